The van der Waals surface area contributed by atoms with Crippen molar-refractivity contribution in [3.05, 3.63) is 35.4 Å². The molecule has 0 heterocycles. The maximum absolute atomic E-state index is 5.01. The summed E-state index contributed by atoms with van der Waals surface area (Å²) in [6.45, 7) is 2.81. The number of hydrogen-bond donors (Lipinski definition) is 0. The van der Waals surface area contributed by atoms with Gasteiger partial charge < -0.3 is 4.65 Å². The fraction of sp³-hybridized carbons (Fsp3) is 0.250. The lowest BCUT2D eigenvalue weighted by molar-refractivity contribution is 0.337. The average Bonchev–Trinajstić information content (AvgIpc) is 1.94. The van der Waals surface area contributed by atoms with E-state index < -0.39 is 0 Å². The summed E-state index contributed by atoms with van der Waals surface area (Å²) in [5.74, 6) is 0. The van der Waals surface area contributed by atoms with Gasteiger partial charge in [-0.1, -0.05) is 24.3 Å². The molecule has 0 atom stereocenters. The zero-order valence-electron chi connectivity index (χ0n) is 6.42. The fourth-order valence-electron chi connectivity index (χ4n) is 0.928. The smallest absolute Gasteiger partial charge is 0.257 e. The van der Waals surface area contributed by atoms with E-state index in [0.717, 1.165) is 0 Å². The van der Waals surface area contributed by atoms with E-state index in [9.17, 15) is 0 Å². The van der Waals surface area contributed by atoms with Crippen molar-refractivity contribution in [3.63, 3.8) is 0 Å². The number of rotatable bonds is 2. The Morgan fingerprint density at radius 3 is 2.70 bits per heavy atom. The Bertz CT molecular complexity index is 210. The highest BCUT2D eigenvalue weighted by Crippen LogP contribution is 2.06. The van der Waals surface area contributed by atoms with Crippen LogP contribution in [0.25, 0.3) is 0 Å². The predicted molar refractivity (Wildman–Crippen MR) is 44.5 cm³/mol. The van der Waals surface area contributed by atoms with E-state index in [1.165, 1.54) is 11.1 Å². The predicted octanol–water partition coefficient (Wildman–Crippen LogP) is 1.06. The molecule has 0 amide bonds. The average molecular weight is 134 g/mol. The molecule has 0 spiro atoms. The van der Waals surface area contributed by atoms with Crippen LogP contribution in [0.3, 0.4) is 0 Å². The van der Waals surface area contributed by atoms with Crippen molar-refractivity contribution in [2.75, 3.05) is 0 Å². The van der Waals surface area contributed by atoms with Crippen LogP contribution in [0.4, 0.5) is 0 Å². The van der Waals surface area contributed by atoms with Gasteiger partial charge >= 0.3 is 0 Å². The number of benzene rings is 1. The fourth-order valence-corrected chi connectivity index (χ4v) is 0.928. The molecule has 0 aromatic heterocycles. The molecular weight excluding hydrogens is 123 g/mol. The number of hydrogen-bond acceptors (Lipinski definition) is 1. The van der Waals surface area contributed by atoms with Crippen LogP contribution >= 0.6 is 0 Å². The normalized spacial score (nSPS) is 9.70. The lowest BCUT2D eigenvalue weighted by Gasteiger charge is -2.02. The van der Waals surface area contributed by atoms with Gasteiger partial charge in [-0.2, -0.15) is 0 Å². The lowest BCUT2D eigenvalue weighted by Crippen LogP contribution is -1.90. The van der Waals surface area contributed by atoms with Gasteiger partial charge in [0.2, 0.25) is 0 Å². The zero-order valence-corrected chi connectivity index (χ0v) is 6.42. The van der Waals surface area contributed by atoms with Crippen molar-refractivity contribution >= 4 is 8.05 Å². The van der Waals surface area contributed by atoms with E-state index in [0.29, 0.717) is 6.61 Å². The second kappa shape index (κ2) is 3.42. The molecule has 0 aliphatic carbocycles. The van der Waals surface area contributed by atoms with Crippen LogP contribution in [-0.2, 0) is 11.3 Å². The molecule has 0 radical (unpaired) electrons. The Balaban J connectivity index is 2.81. The molecule has 0 saturated heterocycles. The van der Waals surface area contributed by atoms with Gasteiger partial charge in [-0.15, -0.1) is 0 Å². The minimum Gasteiger partial charge on any atom is -0.440 e. The van der Waals surface area contributed by atoms with Crippen LogP contribution in [0.15, 0.2) is 24.3 Å². The Labute approximate surface area is 62.5 Å². The van der Waals surface area contributed by atoms with Crippen LogP contribution in [0.1, 0.15) is 11.1 Å². The van der Waals surface area contributed by atoms with E-state index in [4.69, 9.17) is 4.65 Å². The molecule has 0 bridgehead atoms. The SMILES string of the molecule is BOCc1ccccc1C. The van der Waals surface area contributed by atoms with E-state index >= 15 is 0 Å². The highest BCUT2D eigenvalue weighted by atomic mass is 16.4. The van der Waals surface area contributed by atoms with Crippen LogP contribution in [-0.4, -0.2) is 8.05 Å². The molecule has 0 aliphatic heterocycles. The van der Waals surface area contributed by atoms with Gasteiger partial charge in [-0.3, -0.25) is 0 Å². The van der Waals surface area contributed by atoms with Gasteiger partial charge in [-0.05, 0) is 18.1 Å². The highest BCUT2D eigenvalue weighted by molar-refractivity contribution is 5.97. The van der Waals surface area contributed by atoms with E-state index in [-0.39, 0.29) is 0 Å². The monoisotopic (exact) mass is 134 g/mol. The van der Waals surface area contributed by atoms with Crippen LogP contribution in [0, 0.1) is 6.92 Å². The molecule has 0 aliphatic rings. The van der Waals surface area contributed by atoms with Gasteiger partial charge in [0.05, 0.1) is 6.61 Å². The largest absolute Gasteiger partial charge is 0.440 e. The third-order valence-corrected chi connectivity index (χ3v) is 1.56. The molecule has 0 unspecified atom stereocenters. The van der Waals surface area contributed by atoms with Gasteiger partial charge in [0.15, 0.2) is 0 Å². The highest BCUT2D eigenvalue weighted by Gasteiger charge is 1.92. The molecule has 1 rings (SSSR count). The molecule has 2 heteroatoms. The molecule has 0 fully saturated rings. The first-order chi connectivity index (χ1) is 4.84. The standard InChI is InChI=1S/C8H11BO/c1-7-4-2-3-5-8(7)6-10-9/h2-5H,6,9H2,1H3. The molecule has 1 aromatic carbocycles. The van der Waals surface area contributed by atoms with Crippen molar-refractivity contribution in [1.29, 1.82) is 0 Å². The Morgan fingerprint density at radius 2 is 2.10 bits per heavy atom. The van der Waals surface area contributed by atoms with Crippen molar-refractivity contribution in [2.45, 2.75) is 13.5 Å². The first-order valence-corrected chi connectivity index (χ1v) is 3.38. The second-order valence-corrected chi connectivity index (χ2v) is 2.36. The van der Waals surface area contributed by atoms with Gasteiger partial charge in [0, 0.05) is 0 Å². The molecular formula is C8H11BO. The lowest BCUT2D eigenvalue weighted by atomic mass is 10.1. The van der Waals surface area contributed by atoms with Crippen molar-refractivity contribution in [1.82, 2.24) is 0 Å². The minimum atomic E-state index is 0.715. The Hall–Kier alpha value is -0.755. The first-order valence-electron chi connectivity index (χ1n) is 3.38. The summed E-state index contributed by atoms with van der Waals surface area (Å²) in [5, 5.41) is 0. The van der Waals surface area contributed by atoms with Gasteiger partial charge in [-0.25, -0.2) is 0 Å². The summed E-state index contributed by atoms with van der Waals surface area (Å²) in [6, 6.07) is 8.24. The third-order valence-electron chi connectivity index (χ3n) is 1.56. The third kappa shape index (κ3) is 1.61. The summed E-state index contributed by atoms with van der Waals surface area (Å²) < 4.78 is 5.01. The first kappa shape index (κ1) is 7.35. The molecule has 0 N–H and O–H groups in total. The molecule has 10 heavy (non-hydrogen) atoms. The molecule has 1 nitrogen and oxygen atoms in total. The zero-order chi connectivity index (χ0) is 7.40. The van der Waals surface area contributed by atoms with E-state index in [1.54, 1.807) is 8.05 Å². The van der Waals surface area contributed by atoms with E-state index in [2.05, 4.69) is 19.1 Å². The summed E-state index contributed by atoms with van der Waals surface area (Å²) >= 11 is 0. The maximum Gasteiger partial charge on any atom is 0.257 e. The van der Waals surface area contributed by atoms with Crippen LogP contribution < -0.4 is 0 Å². The minimum absolute atomic E-state index is 0.715. The quantitative estimate of drug-likeness (QED) is 0.549. The van der Waals surface area contributed by atoms with Crippen LogP contribution in [0.2, 0.25) is 0 Å². The van der Waals surface area contributed by atoms with Crippen molar-refractivity contribution in [3.8, 4) is 0 Å². The van der Waals surface area contributed by atoms with Gasteiger partial charge in [0.1, 0.15) is 0 Å². The molecule has 1 aromatic rings. The summed E-state index contributed by atoms with van der Waals surface area (Å²) in [4.78, 5) is 0. The summed E-state index contributed by atoms with van der Waals surface area (Å²) in [7, 11) is 1.71. The topological polar surface area (TPSA) is 9.23 Å². The van der Waals surface area contributed by atoms with Gasteiger partial charge in [0.25, 0.3) is 8.05 Å². The molecule has 0 saturated carbocycles. The van der Waals surface area contributed by atoms with Crippen molar-refractivity contribution in [2.24, 2.45) is 0 Å². The number of aryl methyl sites for hydroxylation is 1. The molecule has 52 valence electrons. The Kier molecular flexibility index (Phi) is 2.52. The maximum atomic E-state index is 5.01. The van der Waals surface area contributed by atoms with E-state index in [1.807, 2.05) is 12.1 Å². The van der Waals surface area contributed by atoms with Crippen LogP contribution in [0.5, 0.6) is 0 Å². The second-order valence-electron chi connectivity index (χ2n) is 2.36. The summed E-state index contributed by atoms with van der Waals surface area (Å²) in [6.07, 6.45) is 0. The van der Waals surface area contributed by atoms with Crippen molar-refractivity contribution < 1.29 is 4.65 Å². The Morgan fingerprint density at radius 1 is 1.40 bits per heavy atom. The summed E-state index contributed by atoms with van der Waals surface area (Å²) in [5.41, 5.74) is 2.56.